The summed E-state index contributed by atoms with van der Waals surface area (Å²) in [5.74, 6) is 1.38. The fourth-order valence-corrected chi connectivity index (χ4v) is 5.33. The second kappa shape index (κ2) is 7.31. The lowest BCUT2D eigenvalue weighted by Gasteiger charge is -2.41. The molecule has 0 heterocycles. The Morgan fingerprint density at radius 1 is 1.08 bits per heavy atom. The Morgan fingerprint density at radius 3 is 2.69 bits per heavy atom. The molecular formula is C23H25ClF2. The molecule has 3 unspecified atom stereocenters. The summed E-state index contributed by atoms with van der Waals surface area (Å²) in [5, 5.41) is 0.0683. The van der Waals surface area contributed by atoms with Crippen molar-refractivity contribution in [1.82, 2.24) is 0 Å². The van der Waals surface area contributed by atoms with Gasteiger partial charge in [-0.05, 0) is 78.7 Å². The number of hydrogen-bond donors (Lipinski definition) is 0. The minimum absolute atomic E-state index is 0.0683. The van der Waals surface area contributed by atoms with Crippen LogP contribution in [0.15, 0.2) is 30.3 Å². The fourth-order valence-electron chi connectivity index (χ4n) is 5.21. The molecule has 2 aromatic rings. The molecule has 3 heteroatoms. The molecule has 1 fully saturated rings. The van der Waals surface area contributed by atoms with Crippen LogP contribution in [0.1, 0.15) is 62.5 Å². The summed E-state index contributed by atoms with van der Waals surface area (Å²) < 4.78 is 29.1. The molecule has 0 amide bonds. The van der Waals surface area contributed by atoms with Crippen molar-refractivity contribution < 1.29 is 8.78 Å². The van der Waals surface area contributed by atoms with Gasteiger partial charge in [-0.3, -0.25) is 0 Å². The van der Waals surface area contributed by atoms with Crippen molar-refractivity contribution in [1.29, 1.82) is 0 Å². The van der Waals surface area contributed by atoms with E-state index in [1.54, 1.807) is 6.07 Å². The van der Waals surface area contributed by atoms with Crippen molar-refractivity contribution >= 4 is 11.6 Å². The third-order valence-corrected chi connectivity index (χ3v) is 6.77. The Balaban J connectivity index is 1.66. The molecular weight excluding hydrogens is 350 g/mol. The SMILES string of the molecule is CCCC1CCC2c3ccc(-c4ccc(Cl)c(F)c4)c(F)c3CCC2C1. The third kappa shape index (κ3) is 3.17. The molecule has 2 aliphatic carbocycles. The van der Waals surface area contributed by atoms with Gasteiger partial charge in [0.15, 0.2) is 0 Å². The molecule has 0 spiro atoms. The van der Waals surface area contributed by atoms with E-state index in [0.717, 1.165) is 24.3 Å². The van der Waals surface area contributed by atoms with Gasteiger partial charge in [0.1, 0.15) is 11.6 Å². The second-order valence-corrected chi connectivity index (χ2v) is 8.40. The zero-order chi connectivity index (χ0) is 18.3. The molecule has 0 aromatic heterocycles. The van der Waals surface area contributed by atoms with Gasteiger partial charge in [0.05, 0.1) is 5.02 Å². The molecule has 0 aliphatic heterocycles. The monoisotopic (exact) mass is 374 g/mol. The number of rotatable bonds is 3. The van der Waals surface area contributed by atoms with Gasteiger partial charge in [-0.25, -0.2) is 8.78 Å². The number of hydrogen-bond acceptors (Lipinski definition) is 0. The summed E-state index contributed by atoms with van der Waals surface area (Å²) in [4.78, 5) is 0. The largest absolute Gasteiger partial charge is 0.206 e. The Bertz CT molecular complexity index is 814. The molecule has 2 aromatic carbocycles. The highest BCUT2D eigenvalue weighted by Crippen LogP contribution is 2.49. The Labute approximate surface area is 159 Å². The first-order chi connectivity index (χ1) is 12.6. The van der Waals surface area contributed by atoms with Crippen molar-refractivity contribution in [2.75, 3.05) is 0 Å². The molecule has 0 radical (unpaired) electrons. The first-order valence-electron chi connectivity index (χ1n) is 9.85. The molecule has 3 atom stereocenters. The van der Waals surface area contributed by atoms with E-state index in [4.69, 9.17) is 11.6 Å². The van der Waals surface area contributed by atoms with E-state index in [1.165, 1.54) is 49.8 Å². The summed E-state index contributed by atoms with van der Waals surface area (Å²) in [5.41, 5.74) is 3.10. The van der Waals surface area contributed by atoms with Crippen molar-refractivity contribution in [3.05, 3.63) is 58.1 Å². The van der Waals surface area contributed by atoms with Crippen molar-refractivity contribution in [3.63, 3.8) is 0 Å². The summed E-state index contributed by atoms with van der Waals surface area (Å²) in [6.07, 6.45) is 8.19. The van der Waals surface area contributed by atoms with Crippen LogP contribution in [0, 0.1) is 23.5 Å². The maximum absolute atomic E-state index is 15.3. The topological polar surface area (TPSA) is 0 Å². The maximum atomic E-state index is 15.3. The lowest BCUT2D eigenvalue weighted by Crippen LogP contribution is -2.28. The molecule has 138 valence electrons. The molecule has 2 aliphatic rings. The van der Waals surface area contributed by atoms with Gasteiger partial charge in [0, 0.05) is 5.56 Å². The van der Waals surface area contributed by atoms with E-state index in [9.17, 15) is 4.39 Å². The summed E-state index contributed by atoms with van der Waals surface area (Å²) >= 11 is 5.77. The summed E-state index contributed by atoms with van der Waals surface area (Å²) in [6.45, 7) is 2.26. The fraction of sp³-hybridized carbons (Fsp3) is 0.478. The van der Waals surface area contributed by atoms with Crippen LogP contribution >= 0.6 is 11.6 Å². The van der Waals surface area contributed by atoms with Gasteiger partial charge in [0.25, 0.3) is 0 Å². The predicted molar refractivity (Wildman–Crippen MR) is 104 cm³/mol. The quantitative estimate of drug-likeness (QED) is 0.520. The zero-order valence-electron chi connectivity index (χ0n) is 15.2. The van der Waals surface area contributed by atoms with E-state index in [2.05, 4.69) is 13.0 Å². The van der Waals surface area contributed by atoms with Crippen LogP contribution in [0.2, 0.25) is 5.02 Å². The maximum Gasteiger partial charge on any atom is 0.142 e. The number of halogens is 3. The lowest BCUT2D eigenvalue weighted by atomic mass is 9.64. The predicted octanol–water partition coefficient (Wildman–Crippen LogP) is 7.53. The smallest absolute Gasteiger partial charge is 0.142 e. The van der Waals surface area contributed by atoms with Crippen LogP contribution in [0.4, 0.5) is 8.78 Å². The van der Waals surface area contributed by atoms with Gasteiger partial charge >= 0.3 is 0 Å². The first kappa shape index (κ1) is 18.0. The molecule has 1 saturated carbocycles. The normalized spacial score (nSPS) is 24.8. The second-order valence-electron chi connectivity index (χ2n) is 8.00. The van der Waals surface area contributed by atoms with Crippen LogP contribution in [-0.4, -0.2) is 0 Å². The molecule has 4 rings (SSSR count). The summed E-state index contributed by atoms with van der Waals surface area (Å²) in [6, 6.07) is 8.44. The van der Waals surface area contributed by atoms with Crippen LogP contribution in [-0.2, 0) is 6.42 Å². The minimum atomic E-state index is -0.504. The molecule has 0 N–H and O–H groups in total. The highest BCUT2D eigenvalue weighted by molar-refractivity contribution is 6.30. The molecule has 0 bridgehead atoms. The number of fused-ring (bicyclic) bond motifs is 3. The van der Waals surface area contributed by atoms with E-state index in [1.807, 2.05) is 6.07 Å². The van der Waals surface area contributed by atoms with Gasteiger partial charge < -0.3 is 0 Å². The zero-order valence-corrected chi connectivity index (χ0v) is 16.0. The average Bonchev–Trinajstić information content (AvgIpc) is 2.64. The minimum Gasteiger partial charge on any atom is -0.206 e. The molecule has 0 saturated heterocycles. The van der Waals surface area contributed by atoms with Crippen molar-refractivity contribution in [2.45, 2.75) is 57.8 Å². The molecule has 26 heavy (non-hydrogen) atoms. The highest BCUT2D eigenvalue weighted by atomic mass is 35.5. The van der Waals surface area contributed by atoms with Crippen LogP contribution in [0.25, 0.3) is 11.1 Å². The van der Waals surface area contributed by atoms with Gasteiger partial charge in [-0.2, -0.15) is 0 Å². The summed E-state index contributed by atoms with van der Waals surface area (Å²) in [7, 11) is 0. The van der Waals surface area contributed by atoms with Crippen LogP contribution in [0.5, 0.6) is 0 Å². The van der Waals surface area contributed by atoms with E-state index >= 15 is 4.39 Å². The lowest BCUT2D eigenvalue weighted by molar-refractivity contribution is 0.200. The van der Waals surface area contributed by atoms with E-state index < -0.39 is 5.82 Å². The highest BCUT2D eigenvalue weighted by Gasteiger charge is 2.36. The van der Waals surface area contributed by atoms with Gasteiger partial charge in [0.2, 0.25) is 0 Å². The Hall–Kier alpha value is -1.41. The van der Waals surface area contributed by atoms with Crippen molar-refractivity contribution in [3.8, 4) is 11.1 Å². The Morgan fingerprint density at radius 2 is 1.92 bits per heavy atom. The van der Waals surface area contributed by atoms with Crippen LogP contribution in [0.3, 0.4) is 0 Å². The standard InChI is InChI=1S/C23H25ClF2/c1-2-3-14-4-7-17-15(12-14)5-8-20-19(17)10-9-18(23(20)26)16-6-11-21(24)22(25)13-16/h6,9-11,13-15,17H,2-5,7-8,12H2,1H3. The van der Waals surface area contributed by atoms with Crippen LogP contribution < -0.4 is 0 Å². The Kier molecular flexibility index (Phi) is 5.05. The van der Waals surface area contributed by atoms with Gasteiger partial charge in [-0.15, -0.1) is 0 Å². The average molecular weight is 375 g/mol. The van der Waals surface area contributed by atoms with E-state index in [-0.39, 0.29) is 10.8 Å². The van der Waals surface area contributed by atoms with E-state index in [0.29, 0.717) is 23.0 Å². The third-order valence-electron chi connectivity index (χ3n) is 6.46. The van der Waals surface area contributed by atoms with Crippen molar-refractivity contribution in [2.24, 2.45) is 11.8 Å². The molecule has 0 nitrogen and oxygen atoms in total. The first-order valence-corrected chi connectivity index (χ1v) is 10.2. The number of benzene rings is 2. The van der Waals surface area contributed by atoms with Gasteiger partial charge in [-0.1, -0.05) is 49.6 Å².